The van der Waals surface area contributed by atoms with Crippen LogP contribution in [0.5, 0.6) is 0 Å². The van der Waals surface area contributed by atoms with Crippen LogP contribution in [0, 0.1) is 0 Å². The lowest BCUT2D eigenvalue weighted by molar-refractivity contribution is 0.188. The fourth-order valence-electron chi connectivity index (χ4n) is 2.87. The van der Waals surface area contributed by atoms with Gasteiger partial charge in [0.05, 0.1) is 18.7 Å². The minimum Gasteiger partial charge on any atom is -0.395 e. The van der Waals surface area contributed by atoms with E-state index in [1.807, 2.05) is 30.3 Å². The Balaban J connectivity index is 1.84. The summed E-state index contributed by atoms with van der Waals surface area (Å²) in [4.78, 5) is 9.23. The summed E-state index contributed by atoms with van der Waals surface area (Å²) in [6, 6.07) is 9.91. The normalized spacial score (nSPS) is 16.6. The highest BCUT2D eigenvalue weighted by Crippen LogP contribution is 2.23. The van der Waals surface area contributed by atoms with Crippen LogP contribution in [0.4, 0.5) is 5.82 Å². The van der Waals surface area contributed by atoms with Crippen LogP contribution in [0.1, 0.15) is 5.56 Å². The lowest BCUT2D eigenvalue weighted by Crippen LogP contribution is -2.47. The summed E-state index contributed by atoms with van der Waals surface area (Å²) >= 11 is 0. The average molecular weight is 287 g/mol. The molecule has 0 aliphatic carbocycles. The van der Waals surface area contributed by atoms with Crippen LogP contribution >= 0.6 is 0 Å². The van der Waals surface area contributed by atoms with Crippen molar-refractivity contribution in [1.29, 1.82) is 0 Å². The molecule has 1 aliphatic heterocycles. The molecule has 0 saturated carbocycles. The largest absolute Gasteiger partial charge is 0.395 e. The summed E-state index contributed by atoms with van der Waals surface area (Å²) in [6.07, 6.45) is 0. The predicted octanol–water partition coefficient (Wildman–Crippen LogP) is 0.841. The standard InChI is InChI=1S/C16H21N3O2/c20-10-9-18-5-7-19(8-6-18)16-11-13(12-21)14-3-1-2-4-15(14)17-16/h1-4,11,20-21H,5-10,12H2. The van der Waals surface area contributed by atoms with Crippen molar-refractivity contribution in [3.05, 3.63) is 35.9 Å². The minimum atomic E-state index is 0.0283. The first-order chi connectivity index (χ1) is 10.3. The van der Waals surface area contributed by atoms with Gasteiger partial charge >= 0.3 is 0 Å². The summed E-state index contributed by atoms with van der Waals surface area (Å²) in [5.41, 5.74) is 1.85. The van der Waals surface area contributed by atoms with E-state index >= 15 is 0 Å². The number of aliphatic hydroxyl groups is 2. The maximum absolute atomic E-state index is 9.59. The Bertz CT molecular complexity index is 609. The zero-order chi connectivity index (χ0) is 14.7. The molecule has 1 aromatic carbocycles. The molecule has 2 heterocycles. The number of hydrogen-bond acceptors (Lipinski definition) is 5. The van der Waals surface area contributed by atoms with E-state index in [0.717, 1.165) is 55.0 Å². The average Bonchev–Trinajstić information content (AvgIpc) is 2.55. The van der Waals surface area contributed by atoms with Crippen molar-refractivity contribution in [1.82, 2.24) is 9.88 Å². The van der Waals surface area contributed by atoms with Crippen molar-refractivity contribution in [2.45, 2.75) is 6.61 Å². The smallest absolute Gasteiger partial charge is 0.129 e. The van der Waals surface area contributed by atoms with Gasteiger partial charge in [0.25, 0.3) is 0 Å². The fourth-order valence-corrected chi connectivity index (χ4v) is 2.87. The molecule has 0 bridgehead atoms. The minimum absolute atomic E-state index is 0.0283. The lowest BCUT2D eigenvalue weighted by Gasteiger charge is -2.35. The summed E-state index contributed by atoms with van der Waals surface area (Å²) in [5.74, 6) is 0.932. The molecule has 1 aromatic heterocycles. The van der Waals surface area contributed by atoms with Crippen molar-refractivity contribution in [3.63, 3.8) is 0 Å². The van der Waals surface area contributed by atoms with Gasteiger partial charge < -0.3 is 15.1 Å². The number of rotatable bonds is 4. The zero-order valence-corrected chi connectivity index (χ0v) is 12.1. The van der Waals surface area contributed by atoms with Crippen LogP contribution in [0.3, 0.4) is 0 Å². The molecule has 5 heteroatoms. The van der Waals surface area contributed by atoms with Crippen molar-refractivity contribution >= 4 is 16.7 Å². The molecule has 1 aliphatic rings. The Morgan fingerprint density at radius 1 is 1.05 bits per heavy atom. The van der Waals surface area contributed by atoms with Gasteiger partial charge in [0.15, 0.2) is 0 Å². The summed E-state index contributed by atoms with van der Waals surface area (Å²) < 4.78 is 0. The van der Waals surface area contributed by atoms with Gasteiger partial charge in [-0.25, -0.2) is 4.98 Å². The molecule has 0 unspecified atom stereocenters. The highest BCUT2D eigenvalue weighted by Gasteiger charge is 2.18. The lowest BCUT2D eigenvalue weighted by atomic mass is 10.1. The molecule has 3 rings (SSSR count). The van der Waals surface area contributed by atoms with Crippen LogP contribution < -0.4 is 4.90 Å². The van der Waals surface area contributed by atoms with E-state index in [9.17, 15) is 5.11 Å². The van der Waals surface area contributed by atoms with Crippen LogP contribution in [0.15, 0.2) is 30.3 Å². The van der Waals surface area contributed by atoms with Crippen LogP contribution in [0.2, 0.25) is 0 Å². The number of aromatic nitrogens is 1. The Morgan fingerprint density at radius 2 is 1.81 bits per heavy atom. The quantitative estimate of drug-likeness (QED) is 0.873. The first-order valence-corrected chi connectivity index (χ1v) is 7.39. The van der Waals surface area contributed by atoms with Crippen molar-refractivity contribution in [2.24, 2.45) is 0 Å². The molecular formula is C16H21N3O2. The number of aliphatic hydroxyl groups excluding tert-OH is 2. The molecule has 0 radical (unpaired) electrons. The first kappa shape index (κ1) is 14.3. The first-order valence-electron chi connectivity index (χ1n) is 7.39. The van der Waals surface area contributed by atoms with E-state index in [-0.39, 0.29) is 13.2 Å². The van der Waals surface area contributed by atoms with Gasteiger partial charge in [-0.1, -0.05) is 18.2 Å². The van der Waals surface area contributed by atoms with Gasteiger partial charge in [0.1, 0.15) is 5.82 Å². The number of β-amino-alcohol motifs (C(OH)–C–C–N with tert-alkyl or cyclic N) is 1. The van der Waals surface area contributed by atoms with E-state index in [2.05, 4.69) is 9.80 Å². The SMILES string of the molecule is OCCN1CCN(c2cc(CO)c3ccccc3n2)CC1. The molecule has 21 heavy (non-hydrogen) atoms. The van der Waals surface area contributed by atoms with Gasteiger partial charge in [-0.05, 0) is 17.7 Å². The number of nitrogens with zero attached hydrogens (tertiary/aromatic N) is 3. The second-order valence-corrected chi connectivity index (χ2v) is 5.37. The predicted molar refractivity (Wildman–Crippen MR) is 83.4 cm³/mol. The Kier molecular flexibility index (Phi) is 4.34. The molecule has 2 N–H and O–H groups in total. The van der Waals surface area contributed by atoms with E-state index in [1.165, 1.54) is 0 Å². The molecule has 2 aromatic rings. The number of pyridine rings is 1. The van der Waals surface area contributed by atoms with E-state index < -0.39 is 0 Å². The molecule has 5 nitrogen and oxygen atoms in total. The number of hydrogen-bond donors (Lipinski definition) is 2. The topological polar surface area (TPSA) is 59.8 Å². The number of para-hydroxylation sites is 1. The third-order valence-electron chi connectivity index (χ3n) is 4.07. The molecule has 1 fully saturated rings. The maximum atomic E-state index is 9.59. The van der Waals surface area contributed by atoms with Crippen molar-refractivity contribution < 1.29 is 10.2 Å². The second kappa shape index (κ2) is 6.39. The molecule has 1 saturated heterocycles. The van der Waals surface area contributed by atoms with E-state index in [4.69, 9.17) is 10.1 Å². The molecule has 0 amide bonds. The molecular weight excluding hydrogens is 266 g/mol. The van der Waals surface area contributed by atoms with Crippen molar-refractivity contribution in [3.8, 4) is 0 Å². The molecule has 0 atom stereocenters. The fraction of sp³-hybridized carbons (Fsp3) is 0.438. The van der Waals surface area contributed by atoms with Crippen LogP contribution in [0.25, 0.3) is 10.9 Å². The Labute approximate surface area is 124 Å². The van der Waals surface area contributed by atoms with Crippen LogP contribution in [-0.4, -0.2) is 59.4 Å². The zero-order valence-electron chi connectivity index (χ0n) is 12.1. The van der Waals surface area contributed by atoms with E-state index in [0.29, 0.717) is 0 Å². The number of fused-ring (bicyclic) bond motifs is 1. The van der Waals surface area contributed by atoms with Gasteiger partial charge in [0.2, 0.25) is 0 Å². The highest BCUT2D eigenvalue weighted by atomic mass is 16.3. The molecule has 0 spiro atoms. The van der Waals surface area contributed by atoms with Crippen LogP contribution in [-0.2, 0) is 6.61 Å². The monoisotopic (exact) mass is 287 g/mol. The summed E-state index contributed by atoms with van der Waals surface area (Å²) in [5, 5.41) is 19.6. The van der Waals surface area contributed by atoms with Gasteiger partial charge in [-0.3, -0.25) is 4.90 Å². The molecule has 112 valence electrons. The number of piperazine rings is 1. The second-order valence-electron chi connectivity index (χ2n) is 5.37. The van der Waals surface area contributed by atoms with Gasteiger partial charge in [-0.15, -0.1) is 0 Å². The van der Waals surface area contributed by atoms with Crippen molar-refractivity contribution in [2.75, 3.05) is 44.2 Å². The Morgan fingerprint density at radius 3 is 2.52 bits per heavy atom. The highest BCUT2D eigenvalue weighted by molar-refractivity contribution is 5.84. The van der Waals surface area contributed by atoms with Gasteiger partial charge in [-0.2, -0.15) is 0 Å². The maximum Gasteiger partial charge on any atom is 0.129 e. The third kappa shape index (κ3) is 3.00. The number of benzene rings is 1. The summed E-state index contributed by atoms with van der Waals surface area (Å²) in [7, 11) is 0. The van der Waals surface area contributed by atoms with Gasteiger partial charge in [0, 0.05) is 38.1 Å². The van der Waals surface area contributed by atoms with E-state index in [1.54, 1.807) is 0 Å². The third-order valence-corrected chi connectivity index (χ3v) is 4.07. The Hall–Kier alpha value is -1.69. The summed E-state index contributed by atoms with van der Waals surface area (Å²) in [6.45, 7) is 4.64. The number of anilines is 1.